The van der Waals surface area contributed by atoms with E-state index in [0.717, 1.165) is 51.2 Å². The van der Waals surface area contributed by atoms with Gasteiger partial charge in [-0.3, -0.25) is 14.7 Å². The van der Waals surface area contributed by atoms with Crippen molar-refractivity contribution in [2.75, 3.05) is 39.4 Å². The molecule has 0 aliphatic carbocycles. The maximum Gasteiger partial charge on any atom is 0.255 e. The van der Waals surface area contributed by atoms with Crippen molar-refractivity contribution < 1.29 is 13.9 Å². The van der Waals surface area contributed by atoms with Crippen molar-refractivity contribution in [2.24, 2.45) is 0 Å². The molecule has 0 N–H and O–H groups in total. The number of amides is 1. The van der Waals surface area contributed by atoms with Crippen molar-refractivity contribution in [1.29, 1.82) is 0 Å². The first-order valence-corrected chi connectivity index (χ1v) is 8.80. The van der Waals surface area contributed by atoms with E-state index in [4.69, 9.17) is 4.74 Å². The topological polar surface area (TPSA) is 45.7 Å². The van der Waals surface area contributed by atoms with Crippen LogP contribution in [0.1, 0.15) is 22.5 Å². The molecule has 2 aliphatic rings. The van der Waals surface area contributed by atoms with Gasteiger partial charge in [0.05, 0.1) is 23.4 Å². The molecule has 25 heavy (non-hydrogen) atoms. The molecule has 4 rings (SSSR count). The summed E-state index contributed by atoms with van der Waals surface area (Å²) < 4.78 is 18.8. The number of hydrogen-bond acceptors (Lipinski definition) is 4. The van der Waals surface area contributed by atoms with Crippen LogP contribution in [0.3, 0.4) is 0 Å². The maximum absolute atomic E-state index is 13.4. The molecule has 2 saturated heterocycles. The highest BCUT2D eigenvalue weighted by atomic mass is 19.1. The molecule has 0 radical (unpaired) electrons. The molecule has 2 aromatic rings. The molecule has 1 atom stereocenters. The summed E-state index contributed by atoms with van der Waals surface area (Å²) in [5.41, 5.74) is 1.84. The van der Waals surface area contributed by atoms with Gasteiger partial charge in [0.2, 0.25) is 0 Å². The number of aromatic nitrogens is 1. The van der Waals surface area contributed by atoms with Crippen LogP contribution < -0.4 is 0 Å². The molecule has 5 nitrogen and oxygen atoms in total. The first-order chi connectivity index (χ1) is 12.1. The fourth-order valence-corrected chi connectivity index (χ4v) is 3.72. The molecule has 0 bridgehead atoms. The summed E-state index contributed by atoms with van der Waals surface area (Å²) >= 11 is 0. The number of fused-ring (bicyclic) bond motifs is 1. The molecule has 132 valence electrons. The van der Waals surface area contributed by atoms with E-state index in [9.17, 15) is 9.18 Å². The molecule has 3 heterocycles. The van der Waals surface area contributed by atoms with E-state index in [1.54, 1.807) is 6.07 Å². The lowest BCUT2D eigenvalue weighted by Gasteiger charge is -2.37. The number of ether oxygens (including phenoxy) is 1. The summed E-state index contributed by atoms with van der Waals surface area (Å²) in [4.78, 5) is 21.7. The Hall–Kier alpha value is -2.05. The molecular weight excluding hydrogens is 321 g/mol. The number of hydrogen-bond donors (Lipinski definition) is 0. The lowest BCUT2D eigenvalue weighted by Crippen LogP contribution is -2.52. The Labute approximate surface area is 146 Å². The van der Waals surface area contributed by atoms with Gasteiger partial charge < -0.3 is 9.64 Å². The molecule has 2 fully saturated rings. The second kappa shape index (κ2) is 6.69. The summed E-state index contributed by atoms with van der Waals surface area (Å²) in [6.45, 7) is 6.65. The third-order valence-electron chi connectivity index (χ3n) is 5.22. The lowest BCUT2D eigenvalue weighted by molar-refractivity contribution is 0.0548. The number of rotatable bonds is 2. The van der Waals surface area contributed by atoms with Gasteiger partial charge in [0.15, 0.2) is 0 Å². The normalized spacial score (nSPS) is 21.8. The maximum atomic E-state index is 13.4. The van der Waals surface area contributed by atoms with Crippen LogP contribution in [-0.4, -0.2) is 66.1 Å². The van der Waals surface area contributed by atoms with Crippen LogP contribution in [-0.2, 0) is 4.74 Å². The number of carbonyl (C=O) groups is 1. The van der Waals surface area contributed by atoms with Gasteiger partial charge in [-0.2, -0.15) is 0 Å². The summed E-state index contributed by atoms with van der Waals surface area (Å²) in [6.07, 6.45) is 1.08. The zero-order valence-corrected chi connectivity index (χ0v) is 14.4. The summed E-state index contributed by atoms with van der Waals surface area (Å²) in [5.74, 6) is -0.302. The zero-order valence-electron chi connectivity index (χ0n) is 14.4. The molecule has 1 amide bonds. The number of carbonyl (C=O) groups excluding carboxylic acids is 1. The SMILES string of the molecule is Cc1nc2cc(F)ccc2cc1C(=O)N1CCN(C2CCOC2)CC1. The van der Waals surface area contributed by atoms with Gasteiger partial charge in [-0.15, -0.1) is 0 Å². The van der Waals surface area contributed by atoms with E-state index in [1.807, 2.05) is 17.9 Å². The van der Waals surface area contributed by atoms with Crippen molar-refractivity contribution in [3.8, 4) is 0 Å². The first kappa shape index (κ1) is 16.4. The third kappa shape index (κ3) is 3.24. The number of pyridine rings is 1. The van der Waals surface area contributed by atoms with Gasteiger partial charge >= 0.3 is 0 Å². The fraction of sp³-hybridized carbons (Fsp3) is 0.474. The average molecular weight is 343 g/mol. The van der Waals surface area contributed by atoms with Crippen LogP contribution in [0.5, 0.6) is 0 Å². The summed E-state index contributed by atoms with van der Waals surface area (Å²) in [5, 5.41) is 0.789. The Morgan fingerprint density at radius 1 is 1.24 bits per heavy atom. The van der Waals surface area contributed by atoms with Crippen LogP contribution in [0.25, 0.3) is 10.9 Å². The van der Waals surface area contributed by atoms with Gasteiger partial charge in [0.25, 0.3) is 5.91 Å². The van der Waals surface area contributed by atoms with Gasteiger partial charge in [0, 0.05) is 50.3 Å². The standard InChI is InChI=1S/C19H22FN3O2/c1-13-17(10-14-2-3-15(20)11-18(14)21-13)19(24)23-7-5-22(6-8-23)16-4-9-25-12-16/h2-3,10-11,16H,4-9,12H2,1H3. The van der Waals surface area contributed by atoms with Crippen LogP contribution in [0.2, 0.25) is 0 Å². The molecule has 0 spiro atoms. The number of aryl methyl sites for hydroxylation is 1. The highest BCUT2D eigenvalue weighted by Gasteiger charge is 2.29. The Morgan fingerprint density at radius 3 is 2.76 bits per heavy atom. The minimum Gasteiger partial charge on any atom is -0.380 e. The summed E-state index contributed by atoms with van der Waals surface area (Å²) in [6, 6.07) is 6.80. The van der Waals surface area contributed by atoms with Crippen LogP contribution in [0, 0.1) is 12.7 Å². The molecule has 2 aliphatic heterocycles. The van der Waals surface area contributed by atoms with Crippen molar-refractivity contribution >= 4 is 16.8 Å². The number of benzene rings is 1. The quantitative estimate of drug-likeness (QED) is 0.839. The smallest absolute Gasteiger partial charge is 0.255 e. The molecule has 6 heteroatoms. The molecule has 0 saturated carbocycles. The minimum absolute atomic E-state index is 0.0125. The van der Waals surface area contributed by atoms with Crippen molar-refractivity contribution in [3.63, 3.8) is 0 Å². The first-order valence-electron chi connectivity index (χ1n) is 8.80. The number of piperazine rings is 1. The molecule has 1 aromatic heterocycles. The van der Waals surface area contributed by atoms with Crippen molar-refractivity contribution in [3.05, 3.63) is 41.3 Å². The van der Waals surface area contributed by atoms with Crippen molar-refractivity contribution in [2.45, 2.75) is 19.4 Å². The van der Waals surface area contributed by atoms with Gasteiger partial charge in [-0.25, -0.2) is 4.39 Å². The predicted molar refractivity (Wildman–Crippen MR) is 93.1 cm³/mol. The van der Waals surface area contributed by atoms with Crippen molar-refractivity contribution in [1.82, 2.24) is 14.8 Å². The average Bonchev–Trinajstić information content (AvgIpc) is 3.15. The van der Waals surface area contributed by atoms with Crippen LogP contribution in [0.15, 0.2) is 24.3 Å². The molecule has 1 unspecified atom stereocenters. The van der Waals surface area contributed by atoms with E-state index in [-0.39, 0.29) is 11.7 Å². The molecule has 1 aromatic carbocycles. The minimum atomic E-state index is -0.314. The van der Waals surface area contributed by atoms with E-state index < -0.39 is 0 Å². The van der Waals surface area contributed by atoms with Gasteiger partial charge in [0.1, 0.15) is 5.82 Å². The zero-order chi connectivity index (χ0) is 17.4. The van der Waals surface area contributed by atoms with E-state index in [2.05, 4.69) is 9.88 Å². The van der Waals surface area contributed by atoms with Crippen LogP contribution in [0.4, 0.5) is 4.39 Å². The second-order valence-corrected chi connectivity index (χ2v) is 6.80. The highest BCUT2D eigenvalue weighted by molar-refractivity contribution is 5.98. The van der Waals surface area contributed by atoms with Gasteiger partial charge in [-0.1, -0.05) is 0 Å². The Morgan fingerprint density at radius 2 is 2.04 bits per heavy atom. The lowest BCUT2D eigenvalue weighted by atomic mass is 10.1. The Bertz CT molecular complexity index is 797. The molecular formula is C19H22FN3O2. The second-order valence-electron chi connectivity index (χ2n) is 6.80. The van der Waals surface area contributed by atoms with Crippen LogP contribution >= 0.6 is 0 Å². The van der Waals surface area contributed by atoms with E-state index in [1.165, 1.54) is 12.1 Å². The Balaban J connectivity index is 1.50. The largest absolute Gasteiger partial charge is 0.380 e. The van der Waals surface area contributed by atoms with E-state index >= 15 is 0 Å². The highest BCUT2D eigenvalue weighted by Crippen LogP contribution is 2.21. The van der Waals surface area contributed by atoms with Gasteiger partial charge in [-0.05, 0) is 31.5 Å². The fourth-order valence-electron chi connectivity index (χ4n) is 3.72. The number of halogens is 1. The monoisotopic (exact) mass is 343 g/mol. The predicted octanol–water partition coefficient (Wildman–Crippen LogP) is 2.23. The Kier molecular flexibility index (Phi) is 4.39. The van der Waals surface area contributed by atoms with E-state index in [0.29, 0.717) is 22.8 Å². The third-order valence-corrected chi connectivity index (χ3v) is 5.22. The number of nitrogens with zero attached hydrogens (tertiary/aromatic N) is 3. The summed E-state index contributed by atoms with van der Waals surface area (Å²) in [7, 11) is 0.